The van der Waals surface area contributed by atoms with E-state index in [-0.39, 0.29) is 5.92 Å². The van der Waals surface area contributed by atoms with Crippen LogP contribution >= 0.6 is 11.6 Å². The topological polar surface area (TPSA) is 35.0 Å². The van der Waals surface area contributed by atoms with E-state index < -0.39 is 0 Å². The van der Waals surface area contributed by atoms with Crippen LogP contribution in [-0.4, -0.2) is 9.97 Å². The van der Waals surface area contributed by atoms with Crippen LogP contribution in [0.2, 0.25) is 5.15 Å². The van der Waals surface area contributed by atoms with Gasteiger partial charge >= 0.3 is 0 Å². The minimum atomic E-state index is 0.203. The molecule has 0 aliphatic heterocycles. The number of rotatable bonds is 3. The minimum Gasteiger partial charge on any atom is -0.439 e. The van der Waals surface area contributed by atoms with Gasteiger partial charge in [-0.25, -0.2) is 9.97 Å². The van der Waals surface area contributed by atoms with Gasteiger partial charge in [-0.15, -0.1) is 0 Å². The third kappa shape index (κ3) is 3.24. The average molecular weight is 277 g/mol. The molecule has 2 aromatic rings. The number of hydrogen-bond donors (Lipinski definition) is 0. The third-order valence-electron chi connectivity index (χ3n) is 2.79. The van der Waals surface area contributed by atoms with Crippen LogP contribution in [0.3, 0.4) is 0 Å². The first kappa shape index (κ1) is 13.8. The summed E-state index contributed by atoms with van der Waals surface area (Å²) in [5.74, 6) is 1.50. The normalized spacial score (nSPS) is 10.8. The number of aryl methyl sites for hydroxylation is 2. The highest BCUT2D eigenvalue weighted by Crippen LogP contribution is 2.33. The van der Waals surface area contributed by atoms with Crippen molar-refractivity contribution < 1.29 is 4.74 Å². The van der Waals surface area contributed by atoms with E-state index in [0.717, 1.165) is 22.4 Å². The van der Waals surface area contributed by atoms with Crippen molar-refractivity contribution in [1.82, 2.24) is 9.97 Å². The number of aromatic nitrogens is 2. The van der Waals surface area contributed by atoms with Gasteiger partial charge in [0, 0.05) is 0 Å². The Kier molecular flexibility index (Phi) is 4.05. The molecule has 1 aromatic heterocycles. The van der Waals surface area contributed by atoms with Gasteiger partial charge in [-0.3, -0.25) is 0 Å². The fourth-order valence-electron chi connectivity index (χ4n) is 2.03. The second kappa shape index (κ2) is 5.57. The lowest BCUT2D eigenvalue weighted by Crippen LogP contribution is -2.00. The van der Waals surface area contributed by atoms with Crippen molar-refractivity contribution in [1.29, 1.82) is 0 Å². The molecule has 0 fully saturated rings. The van der Waals surface area contributed by atoms with E-state index in [9.17, 15) is 0 Å². The molecule has 3 nitrogen and oxygen atoms in total. The van der Waals surface area contributed by atoms with Crippen LogP contribution in [0.25, 0.3) is 0 Å². The van der Waals surface area contributed by atoms with Crippen LogP contribution < -0.4 is 4.74 Å². The summed E-state index contributed by atoms with van der Waals surface area (Å²) < 4.78 is 5.88. The largest absolute Gasteiger partial charge is 0.439 e. The Morgan fingerprint density at radius 2 is 1.68 bits per heavy atom. The minimum absolute atomic E-state index is 0.203. The molecule has 4 heteroatoms. The number of halogens is 1. The Balaban J connectivity index is 2.40. The van der Waals surface area contributed by atoms with Gasteiger partial charge in [0.05, 0.1) is 5.56 Å². The lowest BCUT2D eigenvalue weighted by Gasteiger charge is -2.13. The molecule has 0 N–H and O–H groups in total. The summed E-state index contributed by atoms with van der Waals surface area (Å²) in [5, 5.41) is 0.448. The van der Waals surface area contributed by atoms with Crippen molar-refractivity contribution in [2.45, 2.75) is 33.6 Å². The molecular formula is C15H17ClN2O. The van der Waals surface area contributed by atoms with Crippen molar-refractivity contribution in [3.05, 3.63) is 46.4 Å². The standard InChI is InChI=1S/C15H17ClN2O/c1-9(2)13-14(16)17-8-18-15(13)19-12-6-10(3)5-11(4)7-12/h5-9H,1-4H3. The van der Waals surface area contributed by atoms with E-state index in [1.54, 1.807) is 0 Å². The second-order valence-electron chi connectivity index (χ2n) is 4.96. The third-order valence-corrected chi connectivity index (χ3v) is 3.09. The SMILES string of the molecule is Cc1cc(C)cc(Oc2ncnc(Cl)c2C(C)C)c1. The Bertz CT molecular complexity index is 576. The van der Waals surface area contributed by atoms with Gasteiger partial charge < -0.3 is 4.74 Å². The summed E-state index contributed by atoms with van der Waals surface area (Å²) in [4.78, 5) is 8.21. The van der Waals surface area contributed by atoms with Gasteiger partial charge in [0.1, 0.15) is 17.2 Å². The molecule has 0 atom stereocenters. The fraction of sp³-hybridized carbons (Fsp3) is 0.333. The number of nitrogens with zero attached hydrogens (tertiary/aromatic N) is 2. The highest BCUT2D eigenvalue weighted by molar-refractivity contribution is 6.30. The van der Waals surface area contributed by atoms with Crippen molar-refractivity contribution in [3.63, 3.8) is 0 Å². The van der Waals surface area contributed by atoms with Crippen LogP contribution in [-0.2, 0) is 0 Å². The van der Waals surface area contributed by atoms with E-state index in [0.29, 0.717) is 11.0 Å². The fourth-order valence-corrected chi connectivity index (χ4v) is 2.37. The Hall–Kier alpha value is -1.61. The van der Waals surface area contributed by atoms with Gasteiger partial charge in [-0.2, -0.15) is 0 Å². The van der Waals surface area contributed by atoms with Crippen LogP contribution in [0.4, 0.5) is 0 Å². The molecule has 100 valence electrons. The molecule has 0 bridgehead atoms. The average Bonchev–Trinajstić information content (AvgIpc) is 2.26. The molecule has 2 rings (SSSR count). The Morgan fingerprint density at radius 1 is 1.05 bits per heavy atom. The van der Waals surface area contributed by atoms with Crippen LogP contribution in [0.15, 0.2) is 24.5 Å². The predicted octanol–water partition coefficient (Wildman–Crippen LogP) is 4.66. The molecule has 0 unspecified atom stereocenters. The maximum atomic E-state index is 6.12. The first-order chi connectivity index (χ1) is 8.97. The van der Waals surface area contributed by atoms with Gasteiger partial charge in [0.2, 0.25) is 5.88 Å². The molecule has 1 aromatic carbocycles. The molecule has 0 spiro atoms. The Labute approximate surface area is 118 Å². The highest BCUT2D eigenvalue weighted by atomic mass is 35.5. The number of hydrogen-bond acceptors (Lipinski definition) is 3. The second-order valence-corrected chi connectivity index (χ2v) is 5.32. The first-order valence-electron chi connectivity index (χ1n) is 6.24. The molecule has 19 heavy (non-hydrogen) atoms. The summed E-state index contributed by atoms with van der Waals surface area (Å²) in [5.41, 5.74) is 3.14. The highest BCUT2D eigenvalue weighted by Gasteiger charge is 2.15. The number of benzene rings is 1. The van der Waals surface area contributed by atoms with Crippen LogP contribution in [0.5, 0.6) is 11.6 Å². The molecule has 1 heterocycles. The summed E-state index contributed by atoms with van der Waals surface area (Å²) in [6.07, 6.45) is 1.42. The summed E-state index contributed by atoms with van der Waals surface area (Å²) in [7, 11) is 0. The summed E-state index contributed by atoms with van der Waals surface area (Å²) >= 11 is 6.12. The van der Waals surface area contributed by atoms with Gasteiger partial charge in [-0.05, 0) is 43.0 Å². The molecule has 0 saturated carbocycles. The number of ether oxygens (including phenoxy) is 1. The summed E-state index contributed by atoms with van der Waals surface area (Å²) in [6.45, 7) is 8.16. The van der Waals surface area contributed by atoms with Gasteiger partial charge in [-0.1, -0.05) is 31.5 Å². The zero-order chi connectivity index (χ0) is 14.0. The van der Waals surface area contributed by atoms with Crippen molar-refractivity contribution in [2.24, 2.45) is 0 Å². The first-order valence-corrected chi connectivity index (χ1v) is 6.61. The van der Waals surface area contributed by atoms with E-state index in [1.165, 1.54) is 6.33 Å². The zero-order valence-electron chi connectivity index (χ0n) is 11.6. The molecule has 0 aliphatic carbocycles. The van der Waals surface area contributed by atoms with Crippen molar-refractivity contribution in [2.75, 3.05) is 0 Å². The molecule has 0 radical (unpaired) electrons. The maximum absolute atomic E-state index is 6.12. The van der Waals surface area contributed by atoms with Gasteiger partial charge in [0.25, 0.3) is 0 Å². The van der Waals surface area contributed by atoms with E-state index in [4.69, 9.17) is 16.3 Å². The molecule has 0 saturated heterocycles. The molecule has 0 aliphatic rings. The molecule has 0 amide bonds. The zero-order valence-corrected chi connectivity index (χ0v) is 12.3. The van der Waals surface area contributed by atoms with Crippen molar-refractivity contribution >= 4 is 11.6 Å². The van der Waals surface area contributed by atoms with Crippen molar-refractivity contribution in [3.8, 4) is 11.6 Å². The Morgan fingerprint density at radius 3 is 2.26 bits per heavy atom. The van der Waals surface area contributed by atoms with E-state index in [1.807, 2.05) is 39.8 Å². The van der Waals surface area contributed by atoms with Gasteiger partial charge in [0.15, 0.2) is 0 Å². The maximum Gasteiger partial charge on any atom is 0.227 e. The lowest BCUT2D eigenvalue weighted by molar-refractivity contribution is 0.450. The molecular weight excluding hydrogens is 260 g/mol. The smallest absolute Gasteiger partial charge is 0.227 e. The summed E-state index contributed by atoms with van der Waals surface area (Å²) in [6, 6.07) is 6.06. The lowest BCUT2D eigenvalue weighted by atomic mass is 10.1. The van der Waals surface area contributed by atoms with Crippen LogP contribution in [0.1, 0.15) is 36.5 Å². The van der Waals surface area contributed by atoms with E-state index >= 15 is 0 Å². The van der Waals surface area contributed by atoms with Crippen LogP contribution in [0, 0.1) is 13.8 Å². The quantitative estimate of drug-likeness (QED) is 0.765. The predicted molar refractivity (Wildman–Crippen MR) is 77.1 cm³/mol. The van der Waals surface area contributed by atoms with E-state index in [2.05, 4.69) is 16.0 Å². The monoisotopic (exact) mass is 276 g/mol.